The number of thiazole rings is 1. The van der Waals surface area contributed by atoms with E-state index in [0.717, 1.165) is 32.8 Å². The summed E-state index contributed by atoms with van der Waals surface area (Å²) in [6.45, 7) is 0.424. The zero-order chi connectivity index (χ0) is 24.7. The third kappa shape index (κ3) is 5.78. The van der Waals surface area contributed by atoms with Gasteiger partial charge >= 0.3 is 0 Å². The Labute approximate surface area is 211 Å². The number of hydrazine groups is 1. The second kappa shape index (κ2) is 10.9. The predicted octanol–water partition coefficient (Wildman–Crippen LogP) is 3.78. The van der Waals surface area contributed by atoms with Gasteiger partial charge in [-0.25, -0.2) is 4.98 Å². The van der Waals surface area contributed by atoms with Crippen molar-refractivity contribution < 1.29 is 9.59 Å². The molecule has 2 aromatic heterocycles. The van der Waals surface area contributed by atoms with Crippen molar-refractivity contribution in [1.82, 2.24) is 36.0 Å². The zero-order valence-electron chi connectivity index (χ0n) is 19.3. The molecule has 0 aliphatic carbocycles. The van der Waals surface area contributed by atoms with E-state index in [0.29, 0.717) is 30.8 Å². The van der Waals surface area contributed by atoms with Gasteiger partial charge in [-0.3, -0.25) is 20.4 Å². The molecule has 0 bridgehead atoms. The van der Waals surface area contributed by atoms with E-state index in [9.17, 15) is 9.59 Å². The van der Waals surface area contributed by atoms with Crippen LogP contribution in [0.5, 0.6) is 0 Å². The second-order valence-corrected chi connectivity index (χ2v) is 9.25. The third-order valence-corrected chi connectivity index (χ3v) is 6.57. The topological polar surface area (TPSA) is 115 Å². The molecule has 0 unspecified atom stereocenters. The molecule has 0 atom stereocenters. The lowest BCUT2D eigenvalue weighted by atomic mass is 10.1. The van der Waals surface area contributed by atoms with Gasteiger partial charge in [-0.2, -0.15) is 4.80 Å². The molecule has 180 valence electrons. The number of carbonyl (C=O) groups excluding carboxylic acids is 2. The highest BCUT2D eigenvalue weighted by molar-refractivity contribution is 7.18. The fraction of sp³-hybridized carbons (Fsp3) is 0.154. The third-order valence-electron chi connectivity index (χ3n) is 5.47. The Morgan fingerprint density at radius 2 is 1.67 bits per heavy atom. The SMILES string of the molecule is O=C(CCCc1nc2ccccc2s1)NNC(=O)c1ccc(Cn2nnc(-c3ccccc3)n2)cc1. The molecular formula is C26H23N7O2S. The summed E-state index contributed by atoms with van der Waals surface area (Å²) in [7, 11) is 0. The Morgan fingerprint density at radius 1 is 0.889 bits per heavy atom. The average Bonchev–Trinajstić information content (AvgIpc) is 3.55. The lowest BCUT2D eigenvalue weighted by Gasteiger charge is -2.08. The van der Waals surface area contributed by atoms with Crippen molar-refractivity contribution in [2.24, 2.45) is 0 Å². The summed E-state index contributed by atoms with van der Waals surface area (Å²) in [5.41, 5.74) is 8.18. The Balaban J connectivity index is 1.06. The Bertz CT molecular complexity index is 1450. The van der Waals surface area contributed by atoms with Crippen molar-refractivity contribution in [3.8, 4) is 11.4 Å². The van der Waals surface area contributed by atoms with Crippen molar-refractivity contribution in [1.29, 1.82) is 0 Å². The van der Waals surface area contributed by atoms with Gasteiger partial charge in [0.05, 0.1) is 21.8 Å². The maximum absolute atomic E-state index is 12.4. The highest BCUT2D eigenvalue weighted by atomic mass is 32.1. The first-order valence-corrected chi connectivity index (χ1v) is 12.3. The lowest BCUT2D eigenvalue weighted by Crippen LogP contribution is -2.41. The quantitative estimate of drug-likeness (QED) is 0.315. The van der Waals surface area contributed by atoms with E-state index in [2.05, 4.69) is 31.2 Å². The van der Waals surface area contributed by atoms with Crippen LogP contribution in [0.1, 0.15) is 33.8 Å². The summed E-state index contributed by atoms with van der Waals surface area (Å²) >= 11 is 1.64. The number of hydrogen-bond donors (Lipinski definition) is 2. The number of benzene rings is 3. The molecular weight excluding hydrogens is 474 g/mol. The molecule has 0 saturated heterocycles. The molecule has 0 aliphatic rings. The maximum atomic E-state index is 12.4. The van der Waals surface area contributed by atoms with Crippen molar-refractivity contribution in [3.63, 3.8) is 0 Å². The van der Waals surface area contributed by atoms with E-state index in [-0.39, 0.29) is 11.8 Å². The van der Waals surface area contributed by atoms with Gasteiger partial charge in [0.2, 0.25) is 11.7 Å². The summed E-state index contributed by atoms with van der Waals surface area (Å²) in [6.07, 6.45) is 1.67. The van der Waals surface area contributed by atoms with Crippen LogP contribution in [0.15, 0.2) is 78.9 Å². The van der Waals surface area contributed by atoms with Crippen molar-refractivity contribution in [2.45, 2.75) is 25.8 Å². The molecule has 2 heterocycles. The van der Waals surface area contributed by atoms with Crippen molar-refractivity contribution >= 4 is 33.4 Å². The zero-order valence-corrected chi connectivity index (χ0v) is 20.1. The van der Waals surface area contributed by atoms with Crippen LogP contribution < -0.4 is 10.9 Å². The monoisotopic (exact) mass is 497 g/mol. The minimum absolute atomic E-state index is 0.243. The van der Waals surface area contributed by atoms with Crippen LogP contribution in [0.3, 0.4) is 0 Å². The molecule has 0 spiro atoms. The number of carbonyl (C=O) groups is 2. The van der Waals surface area contributed by atoms with Crippen LogP contribution in [0.2, 0.25) is 0 Å². The predicted molar refractivity (Wildman–Crippen MR) is 137 cm³/mol. The number of fused-ring (bicyclic) bond motifs is 1. The van der Waals surface area contributed by atoms with E-state index in [1.54, 1.807) is 23.5 Å². The summed E-state index contributed by atoms with van der Waals surface area (Å²) < 4.78 is 1.14. The summed E-state index contributed by atoms with van der Waals surface area (Å²) in [6, 6.07) is 24.6. The first-order valence-electron chi connectivity index (χ1n) is 11.5. The van der Waals surface area contributed by atoms with E-state index < -0.39 is 0 Å². The van der Waals surface area contributed by atoms with Crippen molar-refractivity contribution in [3.05, 3.63) is 95.0 Å². The van der Waals surface area contributed by atoms with Gasteiger partial charge in [-0.1, -0.05) is 54.6 Å². The number of aromatic nitrogens is 5. The summed E-state index contributed by atoms with van der Waals surface area (Å²) in [5, 5.41) is 13.6. The van der Waals surface area contributed by atoms with Gasteiger partial charge in [0.25, 0.3) is 5.91 Å². The molecule has 5 rings (SSSR count). The molecule has 0 saturated carbocycles. The van der Waals surface area contributed by atoms with E-state index in [1.165, 1.54) is 4.80 Å². The number of para-hydroxylation sites is 1. The average molecular weight is 498 g/mol. The van der Waals surface area contributed by atoms with Crippen LogP contribution >= 0.6 is 11.3 Å². The smallest absolute Gasteiger partial charge is 0.269 e. The van der Waals surface area contributed by atoms with Crippen LogP contribution in [0, 0.1) is 0 Å². The second-order valence-electron chi connectivity index (χ2n) is 8.14. The molecule has 0 radical (unpaired) electrons. The molecule has 2 N–H and O–H groups in total. The van der Waals surface area contributed by atoms with Crippen LogP contribution in [-0.4, -0.2) is 37.0 Å². The molecule has 0 aliphatic heterocycles. The van der Waals surface area contributed by atoms with E-state index >= 15 is 0 Å². The number of tetrazole rings is 1. The van der Waals surface area contributed by atoms with Gasteiger partial charge in [-0.15, -0.1) is 21.5 Å². The van der Waals surface area contributed by atoms with Gasteiger partial charge < -0.3 is 0 Å². The first-order chi connectivity index (χ1) is 17.6. The fourth-order valence-corrected chi connectivity index (χ4v) is 4.64. The standard InChI is InChI=1S/C26H23N7O2S/c34-23(11-6-12-24-27-21-9-4-5-10-22(21)36-24)28-30-26(35)20-15-13-18(14-16-20)17-33-31-25(29-32-33)19-7-2-1-3-8-19/h1-5,7-10,13-16H,6,11-12,17H2,(H,28,34)(H,30,35). The van der Waals surface area contributed by atoms with Gasteiger partial charge in [0.1, 0.15) is 0 Å². The number of nitrogens with zero attached hydrogens (tertiary/aromatic N) is 5. The van der Waals surface area contributed by atoms with E-state index in [4.69, 9.17) is 0 Å². The number of hydrogen-bond acceptors (Lipinski definition) is 7. The lowest BCUT2D eigenvalue weighted by molar-refractivity contribution is -0.121. The molecule has 36 heavy (non-hydrogen) atoms. The van der Waals surface area contributed by atoms with Gasteiger partial charge in [0, 0.05) is 17.5 Å². The number of nitrogens with one attached hydrogen (secondary N) is 2. The number of rotatable bonds is 8. The Morgan fingerprint density at radius 3 is 2.47 bits per heavy atom. The fourth-order valence-electron chi connectivity index (χ4n) is 3.63. The maximum Gasteiger partial charge on any atom is 0.269 e. The molecule has 5 aromatic rings. The summed E-state index contributed by atoms with van der Waals surface area (Å²) in [5.74, 6) is -0.0682. The minimum atomic E-state index is -0.383. The number of aryl methyl sites for hydroxylation is 1. The first kappa shape index (κ1) is 23.3. The molecule has 10 heteroatoms. The normalized spacial score (nSPS) is 10.9. The van der Waals surface area contributed by atoms with Crippen LogP contribution in [-0.2, 0) is 17.8 Å². The van der Waals surface area contributed by atoms with Gasteiger partial charge in [0.15, 0.2) is 0 Å². The van der Waals surface area contributed by atoms with Crippen molar-refractivity contribution in [2.75, 3.05) is 0 Å². The largest absolute Gasteiger partial charge is 0.273 e. The van der Waals surface area contributed by atoms with E-state index in [1.807, 2.05) is 66.7 Å². The number of amides is 2. The highest BCUT2D eigenvalue weighted by Crippen LogP contribution is 2.22. The molecule has 9 nitrogen and oxygen atoms in total. The van der Waals surface area contributed by atoms with Crippen LogP contribution in [0.25, 0.3) is 21.6 Å². The Hall–Kier alpha value is -4.44. The Kier molecular flexibility index (Phi) is 7.04. The molecule has 0 fully saturated rings. The van der Waals surface area contributed by atoms with Crippen LogP contribution in [0.4, 0.5) is 0 Å². The highest BCUT2D eigenvalue weighted by Gasteiger charge is 2.10. The molecule has 2 amide bonds. The minimum Gasteiger partial charge on any atom is -0.273 e. The summed E-state index contributed by atoms with van der Waals surface area (Å²) in [4.78, 5) is 30.6. The van der Waals surface area contributed by atoms with Gasteiger partial charge in [-0.05, 0) is 47.9 Å². The molecule has 3 aromatic carbocycles.